The van der Waals surface area contributed by atoms with E-state index in [1.807, 2.05) is 32.0 Å². The van der Waals surface area contributed by atoms with Crippen LogP contribution in [0.5, 0.6) is 0 Å². The molecular formula is C21H25N3O2S. The van der Waals surface area contributed by atoms with Gasteiger partial charge in [0.1, 0.15) is 0 Å². The zero-order valence-electron chi connectivity index (χ0n) is 15.9. The number of hydrogen-bond acceptors (Lipinski definition) is 5. The highest BCUT2D eigenvalue weighted by atomic mass is 32.1. The molecule has 2 fully saturated rings. The number of thiophene rings is 1. The Hall–Kier alpha value is -2.02. The molecule has 1 aromatic carbocycles. The minimum atomic E-state index is -0.319. The molecule has 0 spiro atoms. The highest BCUT2D eigenvalue weighted by Gasteiger charge is 2.44. The first-order valence-electron chi connectivity index (χ1n) is 9.46. The van der Waals surface area contributed by atoms with Gasteiger partial charge in [-0.15, -0.1) is 11.3 Å². The third-order valence-electron chi connectivity index (χ3n) is 5.59. The molecule has 0 aliphatic carbocycles. The Balaban J connectivity index is 1.44. The van der Waals surface area contributed by atoms with Gasteiger partial charge >= 0.3 is 0 Å². The molecule has 1 atom stereocenters. The van der Waals surface area contributed by atoms with Gasteiger partial charge in [-0.05, 0) is 36.4 Å². The predicted molar refractivity (Wildman–Crippen MR) is 108 cm³/mol. The van der Waals surface area contributed by atoms with Crippen molar-refractivity contribution in [3.8, 4) is 0 Å². The van der Waals surface area contributed by atoms with Crippen molar-refractivity contribution in [3.63, 3.8) is 0 Å². The summed E-state index contributed by atoms with van der Waals surface area (Å²) in [6.45, 7) is 8.40. The Morgan fingerprint density at radius 3 is 2.33 bits per heavy atom. The summed E-state index contributed by atoms with van der Waals surface area (Å²) in [5.41, 5.74) is 2.71. The maximum atomic E-state index is 13.1. The van der Waals surface area contributed by atoms with Crippen LogP contribution in [-0.4, -0.2) is 53.8 Å². The number of carbonyl (C=O) groups excluding carboxylic acids is 2. The highest BCUT2D eigenvalue weighted by molar-refractivity contribution is 7.09. The molecule has 2 aliphatic heterocycles. The van der Waals surface area contributed by atoms with Gasteiger partial charge in [0.05, 0.1) is 18.2 Å². The fourth-order valence-electron chi connectivity index (χ4n) is 4.15. The summed E-state index contributed by atoms with van der Waals surface area (Å²) >= 11 is 1.78. The number of aryl methyl sites for hydroxylation is 2. The lowest BCUT2D eigenvalue weighted by molar-refractivity contribution is -0.123. The number of nitrogens with zero attached hydrogens (tertiary/aromatic N) is 3. The fourth-order valence-corrected chi connectivity index (χ4v) is 4.90. The van der Waals surface area contributed by atoms with Crippen LogP contribution < -0.4 is 4.90 Å². The van der Waals surface area contributed by atoms with Gasteiger partial charge in [-0.3, -0.25) is 19.4 Å². The summed E-state index contributed by atoms with van der Waals surface area (Å²) in [5.74, 6) is -0.146. The van der Waals surface area contributed by atoms with Crippen molar-refractivity contribution in [2.24, 2.45) is 0 Å². The van der Waals surface area contributed by atoms with Crippen molar-refractivity contribution >= 4 is 28.8 Å². The lowest BCUT2D eigenvalue weighted by Crippen LogP contribution is -2.52. The van der Waals surface area contributed by atoms with Crippen LogP contribution in [0.25, 0.3) is 0 Å². The minimum absolute atomic E-state index is 0.0656. The Kier molecular flexibility index (Phi) is 5.12. The van der Waals surface area contributed by atoms with Gasteiger partial charge in [-0.25, -0.2) is 4.90 Å². The standard InChI is InChI=1S/C21H25N3O2S/c1-15-5-3-6-16(2)20(15)24-19(25)13-18(21(24)26)23-10-8-22(9-11-23)14-17-7-4-12-27-17/h3-7,12,18H,8-11,13-14H2,1-2H3/t18-/m0/s1. The van der Waals surface area contributed by atoms with Gasteiger partial charge in [-0.1, -0.05) is 24.3 Å². The number of hydrogen-bond donors (Lipinski definition) is 0. The highest BCUT2D eigenvalue weighted by Crippen LogP contribution is 2.31. The second-order valence-corrected chi connectivity index (χ2v) is 8.45. The SMILES string of the molecule is Cc1cccc(C)c1N1C(=O)C[C@H](N2CCN(Cc3cccs3)CC2)C1=O. The molecule has 142 valence electrons. The molecule has 0 N–H and O–H groups in total. The van der Waals surface area contributed by atoms with E-state index >= 15 is 0 Å². The average molecular weight is 384 g/mol. The normalized spacial score (nSPS) is 22.0. The van der Waals surface area contributed by atoms with Crippen molar-refractivity contribution < 1.29 is 9.59 Å². The van der Waals surface area contributed by atoms with Gasteiger partial charge in [0.25, 0.3) is 5.91 Å². The Labute approximate surface area is 164 Å². The molecule has 5 nitrogen and oxygen atoms in total. The van der Waals surface area contributed by atoms with Crippen LogP contribution in [0, 0.1) is 13.8 Å². The number of carbonyl (C=O) groups is 2. The molecule has 0 unspecified atom stereocenters. The quantitative estimate of drug-likeness (QED) is 0.762. The van der Waals surface area contributed by atoms with Gasteiger partial charge in [0.15, 0.2) is 0 Å². The molecule has 0 radical (unpaired) electrons. The number of rotatable bonds is 4. The fraction of sp³-hybridized carbons (Fsp3) is 0.429. The second-order valence-electron chi connectivity index (χ2n) is 7.42. The first-order valence-corrected chi connectivity index (χ1v) is 10.3. The van der Waals surface area contributed by atoms with Crippen LogP contribution >= 0.6 is 11.3 Å². The lowest BCUT2D eigenvalue weighted by atomic mass is 10.1. The molecule has 1 aromatic heterocycles. The third-order valence-corrected chi connectivity index (χ3v) is 6.45. The molecular weight excluding hydrogens is 358 g/mol. The van der Waals surface area contributed by atoms with E-state index in [-0.39, 0.29) is 24.3 Å². The van der Waals surface area contributed by atoms with Crippen molar-refractivity contribution in [1.82, 2.24) is 9.80 Å². The molecule has 0 saturated carbocycles. The van der Waals surface area contributed by atoms with E-state index in [4.69, 9.17) is 0 Å². The van der Waals surface area contributed by atoms with E-state index in [0.717, 1.165) is 49.5 Å². The van der Waals surface area contributed by atoms with Crippen LogP contribution in [0.15, 0.2) is 35.7 Å². The number of piperazine rings is 1. The third kappa shape index (κ3) is 3.57. The van der Waals surface area contributed by atoms with Crippen molar-refractivity contribution in [2.75, 3.05) is 31.1 Å². The smallest absolute Gasteiger partial charge is 0.251 e. The molecule has 2 amide bonds. The molecule has 6 heteroatoms. The van der Waals surface area contributed by atoms with Crippen molar-refractivity contribution in [2.45, 2.75) is 32.9 Å². The maximum Gasteiger partial charge on any atom is 0.251 e. The molecule has 4 rings (SSSR count). The van der Waals surface area contributed by atoms with Crippen LogP contribution in [0.2, 0.25) is 0 Å². The van der Waals surface area contributed by atoms with E-state index < -0.39 is 0 Å². The summed E-state index contributed by atoms with van der Waals surface area (Å²) in [4.78, 5) is 33.2. The zero-order valence-corrected chi connectivity index (χ0v) is 16.7. The second kappa shape index (κ2) is 7.54. The van der Waals surface area contributed by atoms with Crippen LogP contribution in [0.3, 0.4) is 0 Å². The van der Waals surface area contributed by atoms with Crippen LogP contribution in [0.4, 0.5) is 5.69 Å². The number of benzene rings is 1. The number of amides is 2. The average Bonchev–Trinajstić information content (AvgIpc) is 3.25. The summed E-state index contributed by atoms with van der Waals surface area (Å²) in [5, 5.41) is 2.11. The number of imide groups is 1. The van der Waals surface area contributed by atoms with Crippen LogP contribution in [-0.2, 0) is 16.1 Å². The molecule has 27 heavy (non-hydrogen) atoms. The zero-order chi connectivity index (χ0) is 19.0. The molecule has 2 aliphatic rings. The van der Waals surface area contributed by atoms with Crippen molar-refractivity contribution in [1.29, 1.82) is 0 Å². The summed E-state index contributed by atoms with van der Waals surface area (Å²) in [7, 11) is 0. The Morgan fingerprint density at radius 1 is 1.00 bits per heavy atom. The minimum Gasteiger partial charge on any atom is -0.296 e. The molecule has 2 aromatic rings. The summed E-state index contributed by atoms with van der Waals surface area (Å²) in [6.07, 6.45) is 0.289. The summed E-state index contributed by atoms with van der Waals surface area (Å²) in [6, 6.07) is 9.81. The number of anilines is 1. The van der Waals surface area contributed by atoms with Crippen molar-refractivity contribution in [3.05, 3.63) is 51.7 Å². The van der Waals surface area contributed by atoms with E-state index in [1.165, 1.54) is 9.78 Å². The topological polar surface area (TPSA) is 43.9 Å². The lowest BCUT2D eigenvalue weighted by Gasteiger charge is -2.36. The number of para-hydroxylation sites is 1. The molecule has 2 saturated heterocycles. The maximum absolute atomic E-state index is 13.1. The Morgan fingerprint density at radius 2 is 1.70 bits per heavy atom. The largest absolute Gasteiger partial charge is 0.296 e. The first-order chi connectivity index (χ1) is 13.0. The van der Waals surface area contributed by atoms with E-state index in [9.17, 15) is 9.59 Å². The van der Waals surface area contributed by atoms with Gasteiger partial charge in [-0.2, -0.15) is 0 Å². The van der Waals surface area contributed by atoms with E-state index in [1.54, 1.807) is 11.3 Å². The first kappa shape index (κ1) is 18.3. The van der Waals surface area contributed by atoms with E-state index in [2.05, 4.69) is 27.3 Å². The van der Waals surface area contributed by atoms with Crippen LogP contribution in [0.1, 0.15) is 22.4 Å². The van der Waals surface area contributed by atoms with Gasteiger partial charge in [0.2, 0.25) is 5.91 Å². The molecule has 3 heterocycles. The summed E-state index contributed by atoms with van der Waals surface area (Å²) < 4.78 is 0. The Bertz CT molecular complexity index is 821. The van der Waals surface area contributed by atoms with Gasteiger partial charge in [0, 0.05) is 37.6 Å². The predicted octanol–water partition coefficient (Wildman–Crippen LogP) is 2.81. The van der Waals surface area contributed by atoms with E-state index in [0.29, 0.717) is 0 Å². The monoisotopic (exact) mass is 383 g/mol. The molecule has 0 bridgehead atoms. The van der Waals surface area contributed by atoms with Gasteiger partial charge < -0.3 is 0 Å².